The van der Waals surface area contributed by atoms with E-state index in [2.05, 4.69) is 21.4 Å². The lowest BCUT2D eigenvalue weighted by Gasteiger charge is -2.42. The Kier molecular flexibility index (Phi) is 8.58. The van der Waals surface area contributed by atoms with Crippen LogP contribution in [-0.2, 0) is 31.0 Å². The molecule has 0 bridgehead atoms. The lowest BCUT2D eigenvalue weighted by atomic mass is 9.81. The number of amides is 2. The summed E-state index contributed by atoms with van der Waals surface area (Å²) >= 11 is 0. The predicted octanol–water partition coefficient (Wildman–Crippen LogP) is 4.65. The summed E-state index contributed by atoms with van der Waals surface area (Å²) in [5.74, 6) is 0.466. The van der Waals surface area contributed by atoms with Crippen LogP contribution in [0.4, 0.5) is 0 Å². The van der Waals surface area contributed by atoms with Gasteiger partial charge in [-0.05, 0) is 73.6 Å². The molecule has 4 atom stereocenters. The van der Waals surface area contributed by atoms with Gasteiger partial charge in [0.05, 0.1) is 50.1 Å². The molecular formula is C36H46N4O7S. The maximum absolute atomic E-state index is 15.0. The normalized spacial score (nSPS) is 25.6. The first-order valence-corrected chi connectivity index (χ1v) is 18.4. The van der Waals surface area contributed by atoms with Crippen LogP contribution in [0.2, 0.25) is 0 Å². The van der Waals surface area contributed by atoms with Crippen LogP contribution in [0.5, 0.6) is 5.75 Å². The molecular weight excluding hydrogens is 632 g/mol. The van der Waals surface area contributed by atoms with Crippen LogP contribution in [0, 0.1) is 5.41 Å². The van der Waals surface area contributed by atoms with Crippen LogP contribution < -0.4 is 9.46 Å². The van der Waals surface area contributed by atoms with Gasteiger partial charge < -0.3 is 23.7 Å². The molecule has 3 aromatic rings. The molecule has 0 spiro atoms. The van der Waals surface area contributed by atoms with E-state index in [9.17, 15) is 13.2 Å². The Morgan fingerprint density at radius 2 is 1.83 bits per heavy atom. The topological polar surface area (TPSA) is 119 Å². The van der Waals surface area contributed by atoms with Gasteiger partial charge in [0.2, 0.25) is 5.91 Å². The highest BCUT2D eigenvalue weighted by atomic mass is 32.2. The minimum atomic E-state index is -3.99. The van der Waals surface area contributed by atoms with Crippen LogP contribution in [-0.4, -0.2) is 94.2 Å². The third-order valence-electron chi connectivity index (χ3n) is 11.0. The zero-order chi connectivity index (χ0) is 34.0. The second-order valence-electron chi connectivity index (χ2n) is 14.2. The van der Waals surface area contributed by atoms with Gasteiger partial charge in [0.1, 0.15) is 5.75 Å². The van der Waals surface area contributed by atoms with Crippen molar-refractivity contribution in [3.05, 3.63) is 53.1 Å². The van der Waals surface area contributed by atoms with E-state index >= 15 is 4.79 Å². The molecule has 4 unspecified atom stereocenters. The summed E-state index contributed by atoms with van der Waals surface area (Å²) in [5, 5.41) is 1.05. The Morgan fingerprint density at radius 3 is 2.54 bits per heavy atom. The number of benzene rings is 2. The molecule has 1 aromatic heterocycles. The van der Waals surface area contributed by atoms with E-state index in [-0.39, 0.29) is 29.5 Å². The van der Waals surface area contributed by atoms with Gasteiger partial charge in [-0.1, -0.05) is 25.3 Å². The molecule has 3 fully saturated rings. The molecule has 48 heavy (non-hydrogen) atoms. The number of methoxy groups -OCH3 is 2. The SMILES string of the molecule is COCC1COCC(C)N1C(=O)C12CC1c1cc(OC)ccc1-c1c(C3CCCCC3)c3ccc(C(=O)NS(=O)(=O)N(C)C)cc3n1C2. The average Bonchev–Trinajstić information content (AvgIpc) is 3.74. The Balaban J connectivity index is 1.44. The summed E-state index contributed by atoms with van der Waals surface area (Å²) in [5.41, 5.74) is 4.92. The maximum Gasteiger partial charge on any atom is 0.303 e. The van der Waals surface area contributed by atoms with Gasteiger partial charge in [-0.25, -0.2) is 4.72 Å². The number of aromatic nitrogens is 1. The summed E-state index contributed by atoms with van der Waals surface area (Å²) in [6.45, 7) is 3.75. The third kappa shape index (κ3) is 5.41. The summed E-state index contributed by atoms with van der Waals surface area (Å²) in [7, 11) is 2.09. The highest BCUT2D eigenvalue weighted by Gasteiger charge is 2.65. The van der Waals surface area contributed by atoms with Crippen LogP contribution in [0.1, 0.15) is 78.8 Å². The van der Waals surface area contributed by atoms with Gasteiger partial charge in [-0.2, -0.15) is 12.7 Å². The first kappa shape index (κ1) is 33.1. The average molecular weight is 679 g/mol. The molecule has 258 valence electrons. The summed E-state index contributed by atoms with van der Waals surface area (Å²) in [6.07, 6.45) is 6.33. The zero-order valence-corrected chi connectivity index (χ0v) is 29.3. The predicted molar refractivity (Wildman–Crippen MR) is 182 cm³/mol. The maximum atomic E-state index is 15.0. The fraction of sp³-hybridized carbons (Fsp3) is 0.556. The van der Waals surface area contributed by atoms with Crippen molar-refractivity contribution >= 4 is 32.9 Å². The van der Waals surface area contributed by atoms with Crippen LogP contribution >= 0.6 is 0 Å². The monoisotopic (exact) mass is 678 g/mol. The molecule has 12 heteroatoms. The number of carbonyl (C=O) groups excluding carboxylic acids is 2. The van der Waals surface area contributed by atoms with Crippen molar-refractivity contribution < 1.29 is 32.2 Å². The molecule has 7 rings (SSSR count). The first-order chi connectivity index (χ1) is 23.0. The first-order valence-electron chi connectivity index (χ1n) is 17.0. The standard InChI is InChI=1S/C36H46N4O7S/c1-22-18-47-20-25(19-45-4)40(22)35(42)36-17-30(36)29-16-26(46-5)12-14-27(29)33-32(23-9-7-6-8-10-23)28-13-11-24(15-31(28)39(33)21-36)34(41)37-48(43,44)38(2)3/h11-16,22-23,25,30H,6-10,17-21H2,1-5H3,(H,37,41). The largest absolute Gasteiger partial charge is 0.497 e. The van der Waals surface area contributed by atoms with Gasteiger partial charge in [-0.15, -0.1) is 0 Å². The molecule has 3 heterocycles. The van der Waals surface area contributed by atoms with Crippen molar-refractivity contribution in [3.8, 4) is 17.0 Å². The number of rotatable bonds is 8. The van der Waals surface area contributed by atoms with Gasteiger partial charge in [0.15, 0.2) is 0 Å². The Hall–Kier alpha value is -3.45. The fourth-order valence-electron chi connectivity index (χ4n) is 8.53. The van der Waals surface area contributed by atoms with E-state index in [1.807, 2.05) is 24.0 Å². The number of fused-ring (bicyclic) bond motifs is 7. The molecule has 2 amide bonds. The van der Waals surface area contributed by atoms with E-state index in [0.29, 0.717) is 38.7 Å². The molecule has 1 saturated heterocycles. The number of nitrogens with zero attached hydrogens (tertiary/aromatic N) is 3. The van der Waals surface area contributed by atoms with Gasteiger partial charge in [0.25, 0.3) is 5.91 Å². The smallest absolute Gasteiger partial charge is 0.303 e. The number of hydrogen-bond acceptors (Lipinski definition) is 7. The molecule has 2 aliphatic carbocycles. The van der Waals surface area contributed by atoms with E-state index < -0.39 is 21.5 Å². The fourth-order valence-corrected chi connectivity index (χ4v) is 9.06. The minimum absolute atomic E-state index is 0.0146. The van der Waals surface area contributed by atoms with E-state index in [1.54, 1.807) is 26.4 Å². The molecule has 0 radical (unpaired) electrons. The van der Waals surface area contributed by atoms with Crippen LogP contribution in [0.15, 0.2) is 36.4 Å². The summed E-state index contributed by atoms with van der Waals surface area (Å²) < 4.78 is 47.7. The van der Waals surface area contributed by atoms with Gasteiger partial charge in [0, 0.05) is 55.7 Å². The van der Waals surface area contributed by atoms with Crippen molar-refractivity contribution in [1.29, 1.82) is 0 Å². The van der Waals surface area contributed by atoms with Crippen molar-refractivity contribution in [2.75, 3.05) is 48.1 Å². The molecule has 4 aliphatic rings. The van der Waals surface area contributed by atoms with E-state index in [0.717, 1.165) is 63.5 Å². The quantitative estimate of drug-likeness (QED) is 0.369. The van der Waals surface area contributed by atoms with E-state index in [1.165, 1.54) is 26.1 Å². The lowest BCUT2D eigenvalue weighted by molar-refractivity contribution is -0.154. The second kappa shape index (κ2) is 12.5. The van der Waals surface area contributed by atoms with Crippen LogP contribution in [0.25, 0.3) is 22.2 Å². The highest BCUT2D eigenvalue weighted by molar-refractivity contribution is 7.87. The van der Waals surface area contributed by atoms with Crippen molar-refractivity contribution in [1.82, 2.24) is 18.5 Å². The summed E-state index contributed by atoms with van der Waals surface area (Å²) in [6, 6.07) is 11.4. The van der Waals surface area contributed by atoms with Gasteiger partial charge in [-0.3, -0.25) is 9.59 Å². The molecule has 2 aliphatic heterocycles. The Labute approximate surface area is 282 Å². The molecule has 2 saturated carbocycles. The number of morpholine rings is 1. The van der Waals surface area contributed by atoms with Crippen molar-refractivity contribution in [3.63, 3.8) is 0 Å². The number of nitrogens with one attached hydrogen (secondary N) is 1. The second-order valence-corrected chi connectivity index (χ2v) is 16.1. The van der Waals surface area contributed by atoms with Crippen LogP contribution in [0.3, 0.4) is 0 Å². The Bertz CT molecular complexity index is 1860. The Morgan fingerprint density at radius 1 is 1.06 bits per heavy atom. The van der Waals surface area contributed by atoms with Crippen molar-refractivity contribution in [2.24, 2.45) is 5.41 Å². The zero-order valence-electron chi connectivity index (χ0n) is 28.5. The highest BCUT2D eigenvalue weighted by Crippen LogP contribution is 2.66. The number of carbonyl (C=O) groups is 2. The van der Waals surface area contributed by atoms with E-state index in [4.69, 9.17) is 14.2 Å². The molecule has 11 nitrogen and oxygen atoms in total. The lowest BCUT2D eigenvalue weighted by Crippen LogP contribution is -2.58. The number of ether oxygens (including phenoxy) is 3. The van der Waals surface area contributed by atoms with Crippen molar-refractivity contribution in [2.45, 2.75) is 75.9 Å². The minimum Gasteiger partial charge on any atom is -0.497 e. The number of hydrogen-bond donors (Lipinski definition) is 1. The third-order valence-corrected chi connectivity index (χ3v) is 12.4. The molecule has 2 aromatic carbocycles. The summed E-state index contributed by atoms with van der Waals surface area (Å²) in [4.78, 5) is 30.4. The van der Waals surface area contributed by atoms with Gasteiger partial charge >= 0.3 is 10.2 Å². The molecule has 1 N–H and O–H groups in total.